The minimum absolute atomic E-state index is 0.280. The predicted octanol–water partition coefficient (Wildman–Crippen LogP) is 1.70. The number of rotatable bonds is 7. The normalized spacial score (nSPS) is 19.6. The molecule has 1 aromatic carbocycles. The highest BCUT2D eigenvalue weighted by atomic mass is 32.2. The third-order valence-electron chi connectivity index (χ3n) is 4.24. The molecule has 1 aliphatic heterocycles. The van der Waals surface area contributed by atoms with Gasteiger partial charge in [-0.25, -0.2) is 8.42 Å². The van der Waals surface area contributed by atoms with Gasteiger partial charge >= 0.3 is 0 Å². The lowest BCUT2D eigenvalue weighted by Crippen LogP contribution is -2.11. The van der Waals surface area contributed by atoms with Gasteiger partial charge in [-0.05, 0) is 24.3 Å². The molecule has 2 aromatic rings. The Labute approximate surface area is 146 Å². The summed E-state index contributed by atoms with van der Waals surface area (Å²) in [4.78, 5) is 0. The number of sulfone groups is 1. The van der Waals surface area contributed by atoms with Crippen LogP contribution in [0.4, 0.5) is 0 Å². The van der Waals surface area contributed by atoms with Crippen molar-refractivity contribution in [3.8, 4) is 0 Å². The smallest absolute Gasteiger partial charge is 0.191 e. The number of benzene rings is 1. The summed E-state index contributed by atoms with van der Waals surface area (Å²) in [5.41, 5.74) is 6.95. The molecule has 0 saturated carbocycles. The maximum Gasteiger partial charge on any atom is 0.191 e. The topological polar surface area (TPSA) is 90.9 Å². The second-order valence-corrected chi connectivity index (χ2v) is 9.37. The van der Waals surface area contributed by atoms with Gasteiger partial charge in [0.05, 0.1) is 24.6 Å². The van der Waals surface area contributed by atoms with Crippen molar-refractivity contribution in [2.24, 2.45) is 11.7 Å². The zero-order chi connectivity index (χ0) is 17.0. The fraction of sp³-hybridized carbons (Fsp3) is 0.500. The molecule has 8 heteroatoms. The minimum atomic E-state index is -2.80. The van der Waals surface area contributed by atoms with E-state index in [0.29, 0.717) is 24.6 Å². The van der Waals surface area contributed by atoms with E-state index in [0.717, 1.165) is 29.6 Å². The molecule has 1 saturated heterocycles. The molecule has 1 aromatic heterocycles. The lowest BCUT2D eigenvalue weighted by Gasteiger charge is -2.10. The van der Waals surface area contributed by atoms with Crippen LogP contribution in [0.1, 0.15) is 24.2 Å². The van der Waals surface area contributed by atoms with E-state index in [2.05, 4.69) is 22.3 Å². The Balaban J connectivity index is 1.62. The van der Waals surface area contributed by atoms with Crippen LogP contribution in [-0.2, 0) is 22.9 Å². The van der Waals surface area contributed by atoms with Crippen LogP contribution in [0.15, 0.2) is 35.5 Å². The van der Waals surface area contributed by atoms with Crippen LogP contribution in [0.25, 0.3) is 0 Å². The van der Waals surface area contributed by atoms with Gasteiger partial charge in [0, 0.05) is 5.75 Å². The van der Waals surface area contributed by atoms with Crippen molar-refractivity contribution in [3.05, 3.63) is 41.7 Å². The van der Waals surface area contributed by atoms with Gasteiger partial charge in [0.2, 0.25) is 0 Å². The van der Waals surface area contributed by atoms with E-state index >= 15 is 0 Å². The summed E-state index contributed by atoms with van der Waals surface area (Å²) in [6.45, 7) is 1.04. The second-order valence-electron chi connectivity index (χ2n) is 6.08. The van der Waals surface area contributed by atoms with Crippen LogP contribution >= 0.6 is 11.8 Å². The van der Waals surface area contributed by atoms with Gasteiger partial charge in [-0.15, -0.1) is 10.2 Å². The third kappa shape index (κ3) is 4.37. The quantitative estimate of drug-likeness (QED) is 0.750. The first-order valence-electron chi connectivity index (χ1n) is 8.06. The summed E-state index contributed by atoms with van der Waals surface area (Å²) < 4.78 is 25.1. The molecule has 2 heterocycles. The Kier molecular flexibility index (Phi) is 5.57. The number of aromatic nitrogens is 3. The van der Waals surface area contributed by atoms with E-state index in [1.54, 1.807) is 11.8 Å². The fourth-order valence-corrected chi connectivity index (χ4v) is 5.89. The molecule has 0 bridgehead atoms. The Bertz CT molecular complexity index is 775. The third-order valence-corrected chi connectivity index (χ3v) is 7.08. The van der Waals surface area contributed by atoms with Gasteiger partial charge in [-0.2, -0.15) is 0 Å². The number of nitrogens with two attached hydrogens (primary N) is 1. The van der Waals surface area contributed by atoms with E-state index in [-0.39, 0.29) is 5.92 Å². The number of nitrogens with zero attached hydrogens (tertiary/aromatic N) is 3. The van der Waals surface area contributed by atoms with E-state index in [1.807, 2.05) is 22.8 Å². The summed E-state index contributed by atoms with van der Waals surface area (Å²) in [6, 6.07) is 10.1. The fourth-order valence-electron chi connectivity index (χ4n) is 2.92. The summed E-state index contributed by atoms with van der Waals surface area (Å²) in [6.07, 6.45) is 1.67. The van der Waals surface area contributed by atoms with Crippen LogP contribution in [-0.4, -0.2) is 40.4 Å². The molecule has 1 fully saturated rings. The van der Waals surface area contributed by atoms with Crippen LogP contribution in [0, 0.1) is 5.92 Å². The molecule has 3 rings (SSSR count). The average Bonchev–Trinajstić information content (AvgIpc) is 3.11. The van der Waals surface area contributed by atoms with Gasteiger partial charge in [0.25, 0.3) is 0 Å². The molecule has 6 nitrogen and oxygen atoms in total. The molecule has 130 valence electrons. The lowest BCUT2D eigenvalue weighted by atomic mass is 10.1. The van der Waals surface area contributed by atoms with Crippen molar-refractivity contribution in [1.29, 1.82) is 0 Å². The molecule has 0 unspecified atom stereocenters. The second kappa shape index (κ2) is 7.67. The SMILES string of the molecule is NCc1nnc(SCC[C@@H]2CCS(=O)(=O)C2)n1Cc1ccccc1. The highest BCUT2D eigenvalue weighted by Crippen LogP contribution is 2.26. The summed E-state index contributed by atoms with van der Waals surface area (Å²) in [5, 5.41) is 9.28. The molecule has 2 N–H and O–H groups in total. The summed E-state index contributed by atoms with van der Waals surface area (Å²) in [7, 11) is -2.80. The lowest BCUT2D eigenvalue weighted by molar-refractivity contribution is 0.573. The molecule has 24 heavy (non-hydrogen) atoms. The summed E-state index contributed by atoms with van der Waals surface area (Å²) >= 11 is 1.63. The Morgan fingerprint density at radius 2 is 2.04 bits per heavy atom. The minimum Gasteiger partial charge on any atom is -0.324 e. The number of hydrogen-bond donors (Lipinski definition) is 1. The maximum atomic E-state index is 11.5. The van der Waals surface area contributed by atoms with E-state index < -0.39 is 9.84 Å². The van der Waals surface area contributed by atoms with Gasteiger partial charge in [-0.3, -0.25) is 0 Å². The highest BCUT2D eigenvalue weighted by molar-refractivity contribution is 7.99. The zero-order valence-electron chi connectivity index (χ0n) is 13.5. The van der Waals surface area contributed by atoms with Crippen LogP contribution < -0.4 is 5.73 Å². The van der Waals surface area contributed by atoms with Crippen molar-refractivity contribution in [2.75, 3.05) is 17.3 Å². The van der Waals surface area contributed by atoms with Gasteiger partial charge in [0.15, 0.2) is 15.0 Å². The molecule has 0 spiro atoms. The Hall–Kier alpha value is -1.38. The van der Waals surface area contributed by atoms with Crippen molar-refractivity contribution in [3.63, 3.8) is 0 Å². The molecule has 0 radical (unpaired) electrons. The molecule has 0 amide bonds. The maximum absolute atomic E-state index is 11.5. The molecule has 0 aliphatic carbocycles. The number of hydrogen-bond acceptors (Lipinski definition) is 6. The van der Waals surface area contributed by atoms with Crippen LogP contribution in [0.5, 0.6) is 0 Å². The molecule has 1 atom stereocenters. The molecular weight excluding hydrogens is 344 g/mol. The first-order valence-corrected chi connectivity index (χ1v) is 10.9. The summed E-state index contributed by atoms with van der Waals surface area (Å²) in [5.74, 6) is 2.56. The predicted molar refractivity (Wildman–Crippen MR) is 95.6 cm³/mol. The largest absolute Gasteiger partial charge is 0.324 e. The number of thioether (sulfide) groups is 1. The highest BCUT2D eigenvalue weighted by Gasteiger charge is 2.27. The van der Waals surface area contributed by atoms with Crippen LogP contribution in [0.2, 0.25) is 0 Å². The van der Waals surface area contributed by atoms with Gasteiger partial charge in [-0.1, -0.05) is 42.1 Å². The van der Waals surface area contributed by atoms with E-state index in [1.165, 1.54) is 5.56 Å². The zero-order valence-corrected chi connectivity index (χ0v) is 15.1. The Morgan fingerprint density at radius 3 is 2.71 bits per heavy atom. The molecule has 1 aliphatic rings. The van der Waals surface area contributed by atoms with E-state index in [4.69, 9.17) is 5.73 Å². The monoisotopic (exact) mass is 366 g/mol. The van der Waals surface area contributed by atoms with Gasteiger partial charge < -0.3 is 10.3 Å². The van der Waals surface area contributed by atoms with Crippen molar-refractivity contribution in [2.45, 2.75) is 31.1 Å². The van der Waals surface area contributed by atoms with E-state index in [9.17, 15) is 8.42 Å². The van der Waals surface area contributed by atoms with Crippen molar-refractivity contribution < 1.29 is 8.42 Å². The molecular formula is C16H22N4O2S2. The average molecular weight is 367 g/mol. The van der Waals surface area contributed by atoms with Crippen molar-refractivity contribution >= 4 is 21.6 Å². The first-order chi connectivity index (χ1) is 11.6. The van der Waals surface area contributed by atoms with Crippen molar-refractivity contribution in [1.82, 2.24) is 14.8 Å². The Morgan fingerprint density at radius 1 is 1.25 bits per heavy atom. The van der Waals surface area contributed by atoms with Gasteiger partial charge in [0.1, 0.15) is 5.82 Å². The van der Waals surface area contributed by atoms with Crippen LogP contribution in [0.3, 0.4) is 0 Å². The first kappa shape index (κ1) is 17.4. The standard InChI is InChI=1S/C16H22N4O2S2/c17-10-15-18-19-16(20(15)11-13-4-2-1-3-5-13)23-8-6-14-7-9-24(21,22)12-14/h1-5,14H,6-12,17H2/t14-/m1/s1.